The third-order valence-electron chi connectivity index (χ3n) is 2.80. The monoisotopic (exact) mass is 194 g/mol. The van der Waals surface area contributed by atoms with Gasteiger partial charge in [0.05, 0.1) is 5.69 Å². The Bertz CT molecular complexity index is 319. The summed E-state index contributed by atoms with van der Waals surface area (Å²) in [4.78, 5) is 4.10. The van der Waals surface area contributed by atoms with Crippen LogP contribution in [-0.4, -0.2) is 18.1 Å². The Hall–Kier alpha value is -0.960. The van der Waals surface area contributed by atoms with Crippen LogP contribution in [0.4, 0.5) is 4.39 Å². The quantitative estimate of drug-likeness (QED) is 0.774. The molecule has 1 aromatic rings. The minimum absolute atomic E-state index is 0.126. The van der Waals surface area contributed by atoms with Gasteiger partial charge in [-0.05, 0) is 50.4 Å². The number of hydrogen-bond acceptors (Lipinski definition) is 2. The number of pyridine rings is 1. The average molecular weight is 194 g/mol. The zero-order valence-corrected chi connectivity index (χ0v) is 8.39. The summed E-state index contributed by atoms with van der Waals surface area (Å²) in [6.07, 6.45) is 3.59. The van der Waals surface area contributed by atoms with Gasteiger partial charge in [0.1, 0.15) is 5.82 Å². The van der Waals surface area contributed by atoms with E-state index in [9.17, 15) is 4.39 Å². The summed E-state index contributed by atoms with van der Waals surface area (Å²) in [5.74, 6) is 0.429. The minimum Gasteiger partial charge on any atom is -0.316 e. The molecule has 2 heterocycles. The fraction of sp³-hybridized carbons (Fsp3) is 0.545. The summed E-state index contributed by atoms with van der Waals surface area (Å²) < 4.78 is 13.6. The first-order valence-corrected chi connectivity index (χ1v) is 5.08. The van der Waals surface area contributed by atoms with Gasteiger partial charge in [0.15, 0.2) is 0 Å². The zero-order valence-electron chi connectivity index (χ0n) is 8.39. The summed E-state index contributed by atoms with van der Waals surface area (Å²) >= 11 is 0. The number of nitrogens with zero attached hydrogens (tertiary/aromatic N) is 1. The first-order chi connectivity index (χ1) is 6.77. The molecular weight excluding hydrogens is 179 g/mol. The summed E-state index contributed by atoms with van der Waals surface area (Å²) in [6.45, 7) is 3.83. The molecular formula is C11H15FN2. The number of nitrogens with one attached hydrogen (secondary N) is 1. The van der Waals surface area contributed by atoms with Crippen molar-refractivity contribution in [1.82, 2.24) is 10.3 Å². The van der Waals surface area contributed by atoms with Crippen LogP contribution in [0.1, 0.15) is 17.7 Å². The Labute approximate surface area is 83.6 Å². The van der Waals surface area contributed by atoms with Crippen molar-refractivity contribution in [2.24, 2.45) is 5.92 Å². The predicted molar refractivity (Wildman–Crippen MR) is 53.6 cm³/mol. The molecule has 0 aliphatic carbocycles. The van der Waals surface area contributed by atoms with E-state index in [0.29, 0.717) is 17.2 Å². The van der Waals surface area contributed by atoms with Crippen molar-refractivity contribution in [3.05, 3.63) is 29.3 Å². The Balaban J connectivity index is 2.11. The van der Waals surface area contributed by atoms with E-state index < -0.39 is 0 Å². The van der Waals surface area contributed by atoms with Gasteiger partial charge < -0.3 is 5.32 Å². The van der Waals surface area contributed by atoms with Crippen molar-refractivity contribution in [3.63, 3.8) is 0 Å². The summed E-state index contributed by atoms with van der Waals surface area (Å²) in [5, 5.41) is 3.28. The smallest absolute Gasteiger partial charge is 0.147 e. The lowest BCUT2D eigenvalue weighted by Crippen LogP contribution is -2.12. The molecule has 0 aromatic carbocycles. The number of halogens is 1. The average Bonchev–Trinajstić information content (AvgIpc) is 2.66. The molecule has 76 valence electrons. The van der Waals surface area contributed by atoms with Crippen LogP contribution in [-0.2, 0) is 6.42 Å². The Kier molecular flexibility index (Phi) is 2.77. The first kappa shape index (κ1) is 9.59. The second-order valence-corrected chi connectivity index (χ2v) is 3.95. The van der Waals surface area contributed by atoms with E-state index in [0.717, 1.165) is 25.9 Å². The van der Waals surface area contributed by atoms with Crippen LogP contribution >= 0.6 is 0 Å². The van der Waals surface area contributed by atoms with Crippen LogP contribution in [0, 0.1) is 18.7 Å². The van der Waals surface area contributed by atoms with Crippen LogP contribution in [0.2, 0.25) is 0 Å². The maximum atomic E-state index is 13.6. The lowest BCUT2D eigenvalue weighted by Gasteiger charge is -2.08. The fourth-order valence-corrected chi connectivity index (χ4v) is 1.90. The molecule has 1 atom stereocenters. The minimum atomic E-state index is -0.126. The lowest BCUT2D eigenvalue weighted by atomic mass is 10.0. The van der Waals surface area contributed by atoms with Gasteiger partial charge in [-0.2, -0.15) is 0 Å². The number of aromatic nitrogens is 1. The van der Waals surface area contributed by atoms with E-state index in [2.05, 4.69) is 10.3 Å². The Morgan fingerprint density at radius 3 is 3.21 bits per heavy atom. The van der Waals surface area contributed by atoms with Gasteiger partial charge in [0.2, 0.25) is 0 Å². The highest BCUT2D eigenvalue weighted by Crippen LogP contribution is 2.17. The van der Waals surface area contributed by atoms with Crippen LogP contribution in [0.15, 0.2) is 12.3 Å². The molecule has 1 N–H and O–H groups in total. The lowest BCUT2D eigenvalue weighted by molar-refractivity contribution is 0.527. The molecule has 0 amide bonds. The SMILES string of the molecule is Cc1ccnc(CC2CCNC2)c1F. The number of hydrogen-bond donors (Lipinski definition) is 1. The largest absolute Gasteiger partial charge is 0.316 e. The number of rotatable bonds is 2. The second kappa shape index (κ2) is 4.05. The molecule has 0 radical (unpaired) electrons. The fourth-order valence-electron chi connectivity index (χ4n) is 1.90. The van der Waals surface area contributed by atoms with Gasteiger partial charge in [-0.1, -0.05) is 0 Å². The van der Waals surface area contributed by atoms with Crippen molar-refractivity contribution in [1.29, 1.82) is 0 Å². The third-order valence-corrected chi connectivity index (χ3v) is 2.80. The Morgan fingerprint density at radius 1 is 1.64 bits per heavy atom. The van der Waals surface area contributed by atoms with Gasteiger partial charge in [0.25, 0.3) is 0 Å². The molecule has 0 bridgehead atoms. The van der Waals surface area contributed by atoms with Gasteiger partial charge in [0, 0.05) is 6.20 Å². The van der Waals surface area contributed by atoms with Crippen LogP contribution < -0.4 is 5.32 Å². The molecule has 2 nitrogen and oxygen atoms in total. The van der Waals surface area contributed by atoms with Crippen LogP contribution in [0.25, 0.3) is 0 Å². The molecule has 1 aliphatic heterocycles. The summed E-state index contributed by atoms with van der Waals surface area (Å²) in [7, 11) is 0. The van der Waals surface area contributed by atoms with E-state index >= 15 is 0 Å². The molecule has 3 heteroatoms. The molecule has 1 saturated heterocycles. The molecule has 1 unspecified atom stereocenters. The van der Waals surface area contributed by atoms with Gasteiger partial charge >= 0.3 is 0 Å². The van der Waals surface area contributed by atoms with E-state index in [4.69, 9.17) is 0 Å². The van der Waals surface area contributed by atoms with Crippen LogP contribution in [0.3, 0.4) is 0 Å². The van der Waals surface area contributed by atoms with Gasteiger partial charge in [-0.3, -0.25) is 4.98 Å². The molecule has 14 heavy (non-hydrogen) atoms. The first-order valence-electron chi connectivity index (χ1n) is 5.08. The molecule has 1 fully saturated rings. The highest BCUT2D eigenvalue weighted by molar-refractivity contribution is 5.18. The molecule has 0 saturated carbocycles. The summed E-state index contributed by atoms with van der Waals surface area (Å²) in [6, 6.07) is 1.71. The highest BCUT2D eigenvalue weighted by Gasteiger charge is 2.17. The van der Waals surface area contributed by atoms with E-state index in [-0.39, 0.29) is 5.82 Å². The van der Waals surface area contributed by atoms with E-state index in [1.165, 1.54) is 0 Å². The maximum Gasteiger partial charge on any atom is 0.147 e. The zero-order chi connectivity index (χ0) is 9.97. The second-order valence-electron chi connectivity index (χ2n) is 3.95. The normalized spacial score (nSPS) is 21.4. The number of aryl methyl sites for hydroxylation is 1. The van der Waals surface area contributed by atoms with Crippen molar-refractivity contribution < 1.29 is 4.39 Å². The van der Waals surface area contributed by atoms with Crippen molar-refractivity contribution in [3.8, 4) is 0 Å². The van der Waals surface area contributed by atoms with Gasteiger partial charge in [-0.15, -0.1) is 0 Å². The van der Waals surface area contributed by atoms with E-state index in [1.807, 2.05) is 0 Å². The molecule has 0 spiro atoms. The Morgan fingerprint density at radius 2 is 2.50 bits per heavy atom. The summed E-state index contributed by atoms with van der Waals surface area (Å²) in [5.41, 5.74) is 1.32. The molecule has 2 rings (SSSR count). The molecule has 1 aliphatic rings. The van der Waals surface area contributed by atoms with Crippen molar-refractivity contribution in [2.45, 2.75) is 19.8 Å². The highest BCUT2D eigenvalue weighted by atomic mass is 19.1. The maximum absolute atomic E-state index is 13.6. The third kappa shape index (κ3) is 1.93. The van der Waals surface area contributed by atoms with Gasteiger partial charge in [-0.25, -0.2) is 4.39 Å². The standard InChI is InChI=1S/C11H15FN2/c1-8-2-5-14-10(11(8)12)6-9-3-4-13-7-9/h2,5,9,13H,3-4,6-7H2,1H3. The van der Waals surface area contributed by atoms with Crippen LogP contribution in [0.5, 0.6) is 0 Å². The predicted octanol–water partition coefficient (Wildman–Crippen LogP) is 1.68. The van der Waals surface area contributed by atoms with E-state index in [1.54, 1.807) is 19.2 Å². The topological polar surface area (TPSA) is 24.9 Å². The van der Waals surface area contributed by atoms with Crippen molar-refractivity contribution in [2.75, 3.05) is 13.1 Å². The van der Waals surface area contributed by atoms with Crippen molar-refractivity contribution >= 4 is 0 Å². The molecule has 1 aromatic heterocycles.